The Morgan fingerprint density at radius 2 is 2.16 bits per heavy atom. The Morgan fingerprint density at radius 1 is 1.40 bits per heavy atom. The van der Waals surface area contributed by atoms with Crippen LogP contribution in [0.3, 0.4) is 0 Å². The number of rotatable bonds is 5. The summed E-state index contributed by atoms with van der Waals surface area (Å²) in [6.45, 7) is 5.54. The molecule has 0 fully saturated rings. The van der Waals surface area contributed by atoms with Crippen LogP contribution in [0.1, 0.15) is 18.3 Å². The Kier molecular flexibility index (Phi) is 4.53. The number of nitrogens with zero attached hydrogens (tertiary/aromatic N) is 5. The summed E-state index contributed by atoms with van der Waals surface area (Å²) in [5, 5.41) is 15.3. The number of carbonyl (C=O) groups is 1. The minimum absolute atomic E-state index is 0.160. The SMILES string of the molecule is Cc1nn(C)c(C)c1NC(=O)[C@H](C)Sc1nnc(-c2ccco2)n1N. The van der Waals surface area contributed by atoms with Crippen LogP contribution in [-0.4, -0.2) is 35.8 Å². The van der Waals surface area contributed by atoms with Gasteiger partial charge in [0.25, 0.3) is 0 Å². The third-order valence-electron chi connectivity index (χ3n) is 3.81. The van der Waals surface area contributed by atoms with E-state index >= 15 is 0 Å². The molecule has 1 amide bonds. The molecule has 0 aromatic carbocycles. The van der Waals surface area contributed by atoms with Crippen LogP contribution >= 0.6 is 11.8 Å². The van der Waals surface area contributed by atoms with E-state index in [1.165, 1.54) is 22.7 Å². The number of aromatic nitrogens is 5. The van der Waals surface area contributed by atoms with Crippen molar-refractivity contribution in [2.75, 3.05) is 11.2 Å². The Morgan fingerprint density at radius 3 is 2.76 bits per heavy atom. The lowest BCUT2D eigenvalue weighted by atomic mass is 10.3. The van der Waals surface area contributed by atoms with Crippen LogP contribution in [0.4, 0.5) is 5.69 Å². The fourth-order valence-electron chi connectivity index (χ4n) is 2.32. The van der Waals surface area contributed by atoms with E-state index in [2.05, 4.69) is 20.6 Å². The van der Waals surface area contributed by atoms with Gasteiger partial charge in [0.2, 0.25) is 16.9 Å². The first kappa shape index (κ1) is 17.1. The van der Waals surface area contributed by atoms with Gasteiger partial charge < -0.3 is 15.6 Å². The van der Waals surface area contributed by atoms with Gasteiger partial charge in [-0.05, 0) is 32.9 Å². The molecule has 3 N–H and O–H groups in total. The summed E-state index contributed by atoms with van der Waals surface area (Å²) in [7, 11) is 1.84. The van der Waals surface area contributed by atoms with E-state index < -0.39 is 5.25 Å². The molecule has 3 heterocycles. The molecule has 0 unspecified atom stereocenters. The Labute approximate surface area is 148 Å². The number of furan rings is 1. The summed E-state index contributed by atoms with van der Waals surface area (Å²) in [4.78, 5) is 12.5. The van der Waals surface area contributed by atoms with Crippen LogP contribution in [0.15, 0.2) is 28.0 Å². The zero-order chi connectivity index (χ0) is 18.1. The van der Waals surface area contributed by atoms with Crippen molar-refractivity contribution in [3.8, 4) is 11.6 Å². The number of nitrogens with one attached hydrogen (secondary N) is 1. The van der Waals surface area contributed by atoms with Crippen molar-refractivity contribution in [3.63, 3.8) is 0 Å². The van der Waals surface area contributed by atoms with E-state index in [0.29, 0.717) is 16.7 Å². The number of amides is 1. The first-order chi connectivity index (χ1) is 11.9. The molecule has 9 nitrogen and oxygen atoms in total. The summed E-state index contributed by atoms with van der Waals surface area (Å²) >= 11 is 1.22. The van der Waals surface area contributed by atoms with Crippen molar-refractivity contribution in [2.24, 2.45) is 7.05 Å². The fourth-order valence-corrected chi connectivity index (χ4v) is 3.09. The van der Waals surface area contributed by atoms with Crippen LogP contribution in [0.25, 0.3) is 11.6 Å². The van der Waals surface area contributed by atoms with Crippen molar-refractivity contribution >= 4 is 23.4 Å². The molecule has 0 radical (unpaired) electrons. The first-order valence-electron chi connectivity index (χ1n) is 7.60. The number of anilines is 1. The second kappa shape index (κ2) is 6.63. The molecule has 0 aliphatic carbocycles. The van der Waals surface area contributed by atoms with Gasteiger partial charge in [-0.15, -0.1) is 10.2 Å². The number of thioether (sulfide) groups is 1. The second-order valence-electron chi connectivity index (χ2n) is 5.57. The van der Waals surface area contributed by atoms with Gasteiger partial charge in [0.05, 0.1) is 28.6 Å². The normalized spacial score (nSPS) is 12.3. The summed E-state index contributed by atoms with van der Waals surface area (Å²) in [5.41, 5.74) is 2.39. The summed E-state index contributed by atoms with van der Waals surface area (Å²) in [6, 6.07) is 3.48. The van der Waals surface area contributed by atoms with Gasteiger partial charge in [-0.3, -0.25) is 9.48 Å². The van der Waals surface area contributed by atoms with Crippen LogP contribution in [-0.2, 0) is 11.8 Å². The largest absolute Gasteiger partial charge is 0.461 e. The van der Waals surface area contributed by atoms with Gasteiger partial charge in [-0.25, -0.2) is 4.68 Å². The van der Waals surface area contributed by atoms with E-state index in [9.17, 15) is 4.79 Å². The summed E-state index contributed by atoms with van der Waals surface area (Å²) < 4.78 is 8.32. The zero-order valence-corrected chi connectivity index (χ0v) is 15.2. The first-order valence-corrected chi connectivity index (χ1v) is 8.48. The van der Waals surface area contributed by atoms with E-state index in [1.54, 1.807) is 23.7 Å². The van der Waals surface area contributed by atoms with Crippen LogP contribution in [0.5, 0.6) is 0 Å². The Balaban J connectivity index is 1.72. The highest BCUT2D eigenvalue weighted by molar-refractivity contribution is 8.00. The highest BCUT2D eigenvalue weighted by atomic mass is 32.2. The van der Waals surface area contributed by atoms with Gasteiger partial charge in [0.15, 0.2) is 5.76 Å². The van der Waals surface area contributed by atoms with E-state index in [4.69, 9.17) is 10.3 Å². The van der Waals surface area contributed by atoms with Crippen LogP contribution in [0.2, 0.25) is 0 Å². The summed E-state index contributed by atoms with van der Waals surface area (Å²) in [6.07, 6.45) is 1.53. The maximum absolute atomic E-state index is 12.5. The lowest BCUT2D eigenvalue weighted by Gasteiger charge is -2.11. The molecular formula is C15H19N7O2S. The quantitative estimate of drug-likeness (QED) is 0.525. The van der Waals surface area contributed by atoms with Gasteiger partial charge in [0, 0.05) is 7.05 Å². The molecule has 0 saturated carbocycles. The summed E-state index contributed by atoms with van der Waals surface area (Å²) in [5.74, 6) is 6.77. The van der Waals surface area contributed by atoms with Crippen molar-refractivity contribution in [3.05, 3.63) is 29.8 Å². The van der Waals surface area contributed by atoms with Gasteiger partial charge in [-0.2, -0.15) is 5.10 Å². The Hall–Kier alpha value is -2.75. The standard InChI is InChI=1S/C15H19N7O2S/c1-8-12(9(2)21(4)20-8)17-14(23)10(3)25-15-19-18-13(22(15)16)11-6-5-7-24-11/h5-7,10H,16H2,1-4H3,(H,17,23)/t10-/m0/s1. The number of hydrogen-bond acceptors (Lipinski definition) is 7. The smallest absolute Gasteiger partial charge is 0.237 e. The average molecular weight is 361 g/mol. The predicted molar refractivity (Wildman–Crippen MR) is 94.5 cm³/mol. The molecule has 3 aromatic heterocycles. The van der Waals surface area contributed by atoms with Gasteiger partial charge in [0.1, 0.15) is 0 Å². The molecule has 3 aromatic rings. The highest BCUT2D eigenvalue weighted by Crippen LogP contribution is 2.26. The van der Waals surface area contributed by atoms with Crippen molar-refractivity contribution in [1.82, 2.24) is 24.7 Å². The lowest BCUT2D eigenvalue weighted by Crippen LogP contribution is -2.24. The number of hydrogen-bond donors (Lipinski definition) is 2. The second-order valence-corrected chi connectivity index (χ2v) is 6.88. The van der Waals surface area contributed by atoms with Crippen molar-refractivity contribution < 1.29 is 9.21 Å². The Bertz CT molecular complexity index is 898. The van der Waals surface area contributed by atoms with Crippen molar-refractivity contribution in [1.29, 1.82) is 0 Å². The third kappa shape index (κ3) is 3.25. The molecule has 0 aliphatic rings. The third-order valence-corrected chi connectivity index (χ3v) is 4.87. The number of aryl methyl sites for hydroxylation is 2. The maximum atomic E-state index is 12.5. The zero-order valence-electron chi connectivity index (χ0n) is 14.3. The predicted octanol–water partition coefficient (Wildman–Crippen LogP) is 1.72. The molecule has 132 valence electrons. The van der Waals surface area contributed by atoms with E-state index in [0.717, 1.165) is 17.1 Å². The minimum atomic E-state index is -0.421. The molecule has 3 rings (SSSR count). The number of nitrogens with two attached hydrogens (primary N) is 1. The molecule has 0 aliphatic heterocycles. The average Bonchev–Trinajstić information content (AvgIpc) is 3.26. The number of carbonyl (C=O) groups excluding carboxylic acids is 1. The molecule has 0 saturated heterocycles. The fraction of sp³-hybridized carbons (Fsp3) is 0.333. The van der Waals surface area contributed by atoms with E-state index in [-0.39, 0.29) is 5.91 Å². The van der Waals surface area contributed by atoms with Gasteiger partial charge >= 0.3 is 0 Å². The van der Waals surface area contributed by atoms with Crippen molar-refractivity contribution in [2.45, 2.75) is 31.2 Å². The highest BCUT2D eigenvalue weighted by Gasteiger charge is 2.22. The topological polar surface area (TPSA) is 117 Å². The molecule has 25 heavy (non-hydrogen) atoms. The van der Waals surface area contributed by atoms with Crippen LogP contribution < -0.4 is 11.2 Å². The minimum Gasteiger partial charge on any atom is -0.461 e. The lowest BCUT2D eigenvalue weighted by molar-refractivity contribution is -0.115. The maximum Gasteiger partial charge on any atom is 0.237 e. The molecule has 10 heteroatoms. The molecule has 0 bridgehead atoms. The molecule has 0 spiro atoms. The monoisotopic (exact) mass is 361 g/mol. The molecular weight excluding hydrogens is 342 g/mol. The molecule has 1 atom stereocenters. The number of nitrogen functional groups attached to an aromatic ring is 1. The van der Waals surface area contributed by atoms with Crippen LogP contribution in [0, 0.1) is 13.8 Å². The van der Waals surface area contributed by atoms with Gasteiger partial charge in [-0.1, -0.05) is 11.8 Å². The van der Waals surface area contributed by atoms with E-state index in [1.807, 2.05) is 20.9 Å².